The van der Waals surface area contributed by atoms with Crippen LogP contribution in [0.5, 0.6) is 5.75 Å². The van der Waals surface area contributed by atoms with Gasteiger partial charge in [0.25, 0.3) is 0 Å². The van der Waals surface area contributed by atoms with Crippen molar-refractivity contribution < 1.29 is 4.74 Å². The molecule has 1 aromatic rings. The number of ether oxygens (including phenoxy) is 1. The molecule has 0 radical (unpaired) electrons. The fraction of sp³-hybridized carbons (Fsp3) is 0.600. The summed E-state index contributed by atoms with van der Waals surface area (Å²) in [7, 11) is 0. The quantitative estimate of drug-likeness (QED) is 0.866. The molecule has 0 aliphatic carbocycles. The van der Waals surface area contributed by atoms with Crippen LogP contribution in [0.4, 0.5) is 0 Å². The smallest absolute Gasteiger partial charge is 0.119 e. The minimum Gasteiger partial charge on any atom is -0.490 e. The standard InChI is InChI=1S/C15H23NO/c1-12-5-7-15(8-6-12)17-13(2)14-4-3-10-16-11-9-14/h5-8,13-14,16H,3-4,9-11H2,1-2H3. The minimum atomic E-state index is 0.317. The van der Waals surface area contributed by atoms with Crippen molar-refractivity contribution in [3.05, 3.63) is 29.8 Å². The van der Waals surface area contributed by atoms with Gasteiger partial charge in [-0.1, -0.05) is 17.7 Å². The van der Waals surface area contributed by atoms with Crippen molar-refractivity contribution in [2.45, 2.75) is 39.2 Å². The van der Waals surface area contributed by atoms with Gasteiger partial charge in [-0.05, 0) is 64.3 Å². The van der Waals surface area contributed by atoms with Gasteiger partial charge in [-0.2, -0.15) is 0 Å². The molecule has 2 unspecified atom stereocenters. The van der Waals surface area contributed by atoms with Crippen LogP contribution >= 0.6 is 0 Å². The summed E-state index contributed by atoms with van der Waals surface area (Å²) in [5.41, 5.74) is 1.28. The van der Waals surface area contributed by atoms with Crippen molar-refractivity contribution in [2.75, 3.05) is 13.1 Å². The third-order valence-electron chi connectivity index (χ3n) is 3.63. The Morgan fingerprint density at radius 2 is 1.94 bits per heavy atom. The molecule has 2 rings (SSSR count). The first-order valence-electron chi connectivity index (χ1n) is 6.70. The highest BCUT2D eigenvalue weighted by Gasteiger charge is 2.20. The van der Waals surface area contributed by atoms with Crippen LogP contribution < -0.4 is 10.1 Å². The lowest BCUT2D eigenvalue weighted by Gasteiger charge is -2.23. The highest BCUT2D eigenvalue weighted by molar-refractivity contribution is 5.26. The first-order chi connectivity index (χ1) is 8.25. The van der Waals surface area contributed by atoms with Crippen molar-refractivity contribution in [2.24, 2.45) is 5.92 Å². The van der Waals surface area contributed by atoms with Crippen LogP contribution in [0.1, 0.15) is 31.7 Å². The van der Waals surface area contributed by atoms with Crippen molar-refractivity contribution in [1.29, 1.82) is 0 Å². The Balaban J connectivity index is 1.90. The molecule has 2 atom stereocenters. The maximum absolute atomic E-state index is 6.04. The van der Waals surface area contributed by atoms with E-state index < -0.39 is 0 Å². The first-order valence-corrected chi connectivity index (χ1v) is 6.70. The van der Waals surface area contributed by atoms with Crippen LogP contribution in [0.25, 0.3) is 0 Å². The van der Waals surface area contributed by atoms with Gasteiger partial charge in [-0.3, -0.25) is 0 Å². The summed E-state index contributed by atoms with van der Waals surface area (Å²) in [5, 5.41) is 3.45. The fourth-order valence-electron chi connectivity index (χ4n) is 2.44. The Hall–Kier alpha value is -1.02. The molecule has 0 aromatic heterocycles. The number of rotatable bonds is 3. The highest BCUT2D eigenvalue weighted by atomic mass is 16.5. The molecule has 17 heavy (non-hydrogen) atoms. The van der Waals surface area contributed by atoms with Gasteiger partial charge in [0.2, 0.25) is 0 Å². The molecule has 2 heteroatoms. The van der Waals surface area contributed by atoms with E-state index >= 15 is 0 Å². The third kappa shape index (κ3) is 3.74. The second kappa shape index (κ2) is 6.06. The maximum Gasteiger partial charge on any atom is 0.119 e. The zero-order valence-corrected chi connectivity index (χ0v) is 10.9. The molecule has 1 aromatic carbocycles. The second-order valence-electron chi connectivity index (χ2n) is 5.08. The molecule has 0 spiro atoms. The molecule has 2 nitrogen and oxygen atoms in total. The van der Waals surface area contributed by atoms with Crippen molar-refractivity contribution in [1.82, 2.24) is 5.32 Å². The Kier molecular flexibility index (Phi) is 4.43. The van der Waals surface area contributed by atoms with E-state index in [1.54, 1.807) is 0 Å². The summed E-state index contributed by atoms with van der Waals surface area (Å²) < 4.78 is 6.04. The Labute approximate surface area is 104 Å². The topological polar surface area (TPSA) is 21.3 Å². The molecule has 1 heterocycles. The van der Waals surface area contributed by atoms with Crippen LogP contribution in [-0.4, -0.2) is 19.2 Å². The fourth-order valence-corrected chi connectivity index (χ4v) is 2.44. The van der Waals surface area contributed by atoms with E-state index in [0.717, 1.165) is 18.8 Å². The van der Waals surface area contributed by atoms with Crippen LogP contribution in [-0.2, 0) is 0 Å². The number of hydrogen-bond donors (Lipinski definition) is 1. The average Bonchev–Trinajstić information content (AvgIpc) is 2.61. The lowest BCUT2D eigenvalue weighted by molar-refractivity contribution is 0.142. The molecular weight excluding hydrogens is 210 g/mol. The number of nitrogens with one attached hydrogen (secondary N) is 1. The van der Waals surface area contributed by atoms with Gasteiger partial charge in [-0.25, -0.2) is 0 Å². The molecule has 0 amide bonds. The molecular formula is C15H23NO. The molecule has 0 saturated carbocycles. The summed E-state index contributed by atoms with van der Waals surface area (Å²) in [6, 6.07) is 8.36. The zero-order chi connectivity index (χ0) is 12.1. The maximum atomic E-state index is 6.04. The molecule has 1 N–H and O–H groups in total. The zero-order valence-electron chi connectivity index (χ0n) is 10.9. The largest absolute Gasteiger partial charge is 0.490 e. The normalized spacial score (nSPS) is 22.8. The molecule has 1 fully saturated rings. The minimum absolute atomic E-state index is 0.317. The summed E-state index contributed by atoms with van der Waals surface area (Å²) in [6.07, 6.45) is 4.09. The lowest BCUT2D eigenvalue weighted by Crippen LogP contribution is -2.24. The number of hydrogen-bond acceptors (Lipinski definition) is 2. The second-order valence-corrected chi connectivity index (χ2v) is 5.08. The lowest BCUT2D eigenvalue weighted by atomic mass is 9.95. The van der Waals surface area contributed by atoms with Gasteiger partial charge in [0.15, 0.2) is 0 Å². The van der Waals surface area contributed by atoms with E-state index in [2.05, 4.69) is 43.4 Å². The third-order valence-corrected chi connectivity index (χ3v) is 3.63. The molecule has 94 valence electrons. The Morgan fingerprint density at radius 3 is 2.71 bits per heavy atom. The predicted molar refractivity (Wildman–Crippen MR) is 71.5 cm³/mol. The van der Waals surface area contributed by atoms with Gasteiger partial charge in [0, 0.05) is 0 Å². The van der Waals surface area contributed by atoms with E-state index in [0.29, 0.717) is 12.0 Å². The van der Waals surface area contributed by atoms with Crippen LogP contribution in [0.3, 0.4) is 0 Å². The van der Waals surface area contributed by atoms with Gasteiger partial charge in [-0.15, -0.1) is 0 Å². The molecule has 0 bridgehead atoms. The Morgan fingerprint density at radius 1 is 1.18 bits per heavy atom. The molecule has 1 aliphatic rings. The van der Waals surface area contributed by atoms with E-state index in [1.165, 1.54) is 24.8 Å². The SMILES string of the molecule is Cc1ccc(OC(C)C2CCCNCC2)cc1. The van der Waals surface area contributed by atoms with E-state index in [-0.39, 0.29) is 0 Å². The summed E-state index contributed by atoms with van der Waals surface area (Å²) in [4.78, 5) is 0. The van der Waals surface area contributed by atoms with E-state index in [1.807, 2.05) is 0 Å². The van der Waals surface area contributed by atoms with Crippen molar-refractivity contribution in [3.63, 3.8) is 0 Å². The average molecular weight is 233 g/mol. The van der Waals surface area contributed by atoms with Gasteiger partial charge in [0.05, 0.1) is 6.10 Å². The summed E-state index contributed by atoms with van der Waals surface area (Å²) >= 11 is 0. The monoisotopic (exact) mass is 233 g/mol. The van der Waals surface area contributed by atoms with Crippen LogP contribution in [0.15, 0.2) is 24.3 Å². The van der Waals surface area contributed by atoms with Crippen LogP contribution in [0.2, 0.25) is 0 Å². The number of benzene rings is 1. The van der Waals surface area contributed by atoms with Gasteiger partial charge >= 0.3 is 0 Å². The van der Waals surface area contributed by atoms with Crippen molar-refractivity contribution in [3.8, 4) is 5.75 Å². The number of aryl methyl sites for hydroxylation is 1. The van der Waals surface area contributed by atoms with Gasteiger partial charge in [0.1, 0.15) is 5.75 Å². The highest BCUT2D eigenvalue weighted by Crippen LogP contribution is 2.22. The summed E-state index contributed by atoms with van der Waals surface area (Å²) in [5.74, 6) is 1.69. The van der Waals surface area contributed by atoms with E-state index in [4.69, 9.17) is 4.74 Å². The van der Waals surface area contributed by atoms with Crippen molar-refractivity contribution >= 4 is 0 Å². The van der Waals surface area contributed by atoms with Gasteiger partial charge < -0.3 is 10.1 Å². The predicted octanol–water partition coefficient (Wildman–Crippen LogP) is 3.15. The molecule has 1 saturated heterocycles. The first kappa shape index (κ1) is 12.4. The molecule has 1 aliphatic heterocycles. The Bertz CT molecular complexity index is 325. The summed E-state index contributed by atoms with van der Waals surface area (Å²) in [6.45, 7) is 6.60. The van der Waals surface area contributed by atoms with Crippen LogP contribution in [0, 0.1) is 12.8 Å². The van der Waals surface area contributed by atoms with E-state index in [9.17, 15) is 0 Å².